The zero-order valence-corrected chi connectivity index (χ0v) is 16.2. The van der Waals surface area contributed by atoms with Crippen molar-refractivity contribution in [1.29, 1.82) is 0 Å². The van der Waals surface area contributed by atoms with Gasteiger partial charge in [0.25, 0.3) is 5.91 Å². The molecule has 2 amide bonds. The van der Waals surface area contributed by atoms with E-state index in [0.717, 1.165) is 23.7 Å². The van der Waals surface area contributed by atoms with E-state index in [2.05, 4.69) is 29.6 Å². The van der Waals surface area contributed by atoms with Crippen molar-refractivity contribution in [3.63, 3.8) is 0 Å². The minimum atomic E-state index is -0.162. The van der Waals surface area contributed by atoms with Crippen molar-refractivity contribution in [2.45, 2.75) is 13.1 Å². The van der Waals surface area contributed by atoms with Gasteiger partial charge >= 0.3 is 0 Å². The number of nitrogens with one attached hydrogen (secondary N) is 2. The Bertz CT molecular complexity index is 948. The fraction of sp³-hybridized carbons (Fsp3) is 0.167. The van der Waals surface area contributed by atoms with Crippen LogP contribution in [0.3, 0.4) is 0 Å². The van der Waals surface area contributed by atoms with Gasteiger partial charge in [-0.05, 0) is 12.1 Å². The number of fused-ring (bicyclic) bond motifs is 1. The molecule has 2 N–H and O–H groups in total. The van der Waals surface area contributed by atoms with E-state index in [1.807, 2.05) is 60.7 Å². The van der Waals surface area contributed by atoms with Crippen molar-refractivity contribution in [2.75, 3.05) is 23.3 Å². The average molecular weight is 386 g/mol. The maximum absolute atomic E-state index is 13.2. The molecule has 0 fully saturated rings. The molecule has 1 aliphatic rings. The maximum Gasteiger partial charge on any atom is 0.282 e. The highest BCUT2D eigenvalue weighted by atomic mass is 16.2. The number of carbonyl (C=O) groups excluding carboxylic acids is 2. The van der Waals surface area contributed by atoms with Crippen LogP contribution < -0.4 is 15.1 Å². The fourth-order valence-corrected chi connectivity index (χ4v) is 3.72. The summed E-state index contributed by atoms with van der Waals surface area (Å²) in [6.45, 7) is 1.84. The van der Waals surface area contributed by atoms with Gasteiger partial charge in [0, 0.05) is 11.1 Å². The van der Waals surface area contributed by atoms with Crippen LogP contribution in [0.1, 0.15) is 11.1 Å². The van der Waals surface area contributed by atoms with Crippen molar-refractivity contribution < 1.29 is 14.5 Å². The Labute approximate surface area is 170 Å². The second-order valence-electron chi connectivity index (χ2n) is 7.30. The summed E-state index contributed by atoms with van der Waals surface area (Å²) < 4.78 is 0. The summed E-state index contributed by atoms with van der Waals surface area (Å²) >= 11 is 0. The summed E-state index contributed by atoms with van der Waals surface area (Å²) in [5.74, 6) is -0.209. The van der Waals surface area contributed by atoms with Crippen molar-refractivity contribution in [3.05, 3.63) is 96.1 Å². The van der Waals surface area contributed by atoms with Crippen LogP contribution in [0.4, 0.5) is 11.4 Å². The molecule has 0 aromatic heterocycles. The molecule has 0 saturated heterocycles. The molecular weight excluding hydrogens is 362 g/mol. The van der Waals surface area contributed by atoms with Crippen molar-refractivity contribution in [1.82, 2.24) is 0 Å². The molecule has 4 rings (SSSR count). The number of benzene rings is 3. The van der Waals surface area contributed by atoms with Crippen LogP contribution in [-0.2, 0) is 22.7 Å². The third-order valence-electron chi connectivity index (χ3n) is 5.07. The van der Waals surface area contributed by atoms with Gasteiger partial charge in [0.2, 0.25) is 5.91 Å². The number of anilines is 2. The van der Waals surface area contributed by atoms with Crippen LogP contribution in [0, 0.1) is 0 Å². The number of nitrogens with zero attached hydrogens (tertiary/aromatic N) is 1. The van der Waals surface area contributed by atoms with Gasteiger partial charge in [-0.25, -0.2) is 0 Å². The normalized spacial score (nSPS) is 13.1. The summed E-state index contributed by atoms with van der Waals surface area (Å²) in [5, 5.41) is 2.84. The number of para-hydroxylation sites is 2. The van der Waals surface area contributed by atoms with Crippen molar-refractivity contribution >= 4 is 23.2 Å². The number of carbonyl (C=O) groups is 2. The van der Waals surface area contributed by atoms with E-state index in [0.29, 0.717) is 12.2 Å². The van der Waals surface area contributed by atoms with Gasteiger partial charge in [0.1, 0.15) is 19.6 Å². The zero-order valence-electron chi connectivity index (χ0n) is 16.2. The van der Waals surface area contributed by atoms with Crippen molar-refractivity contribution in [3.8, 4) is 0 Å². The Morgan fingerprint density at radius 2 is 1.38 bits per heavy atom. The summed E-state index contributed by atoms with van der Waals surface area (Å²) in [4.78, 5) is 28.1. The molecule has 0 bridgehead atoms. The van der Waals surface area contributed by atoms with Crippen LogP contribution in [-0.4, -0.2) is 24.9 Å². The van der Waals surface area contributed by atoms with E-state index >= 15 is 0 Å². The summed E-state index contributed by atoms with van der Waals surface area (Å²) in [6, 6.07) is 27.8. The molecule has 1 heterocycles. The molecule has 0 aliphatic carbocycles. The lowest BCUT2D eigenvalue weighted by molar-refractivity contribution is -0.919. The Hall–Kier alpha value is -3.44. The smallest absolute Gasteiger partial charge is 0.282 e. The number of hydrogen-bond donors (Lipinski definition) is 2. The van der Waals surface area contributed by atoms with E-state index in [9.17, 15) is 9.59 Å². The third-order valence-corrected chi connectivity index (χ3v) is 5.07. The van der Waals surface area contributed by atoms with Crippen LogP contribution in [0.5, 0.6) is 0 Å². The molecule has 3 aromatic carbocycles. The second kappa shape index (κ2) is 8.71. The first-order valence-corrected chi connectivity index (χ1v) is 9.80. The van der Waals surface area contributed by atoms with Crippen LogP contribution >= 0.6 is 0 Å². The van der Waals surface area contributed by atoms with E-state index in [1.165, 1.54) is 11.1 Å². The summed E-state index contributed by atoms with van der Waals surface area (Å²) in [5.41, 5.74) is 3.81. The van der Waals surface area contributed by atoms with E-state index in [-0.39, 0.29) is 18.4 Å². The molecule has 0 unspecified atom stereocenters. The van der Waals surface area contributed by atoms with Crippen LogP contribution in [0.2, 0.25) is 0 Å². The third kappa shape index (κ3) is 4.70. The maximum atomic E-state index is 13.2. The van der Waals surface area contributed by atoms with Gasteiger partial charge in [-0.15, -0.1) is 0 Å². The molecule has 5 nitrogen and oxygen atoms in total. The average Bonchev–Trinajstić information content (AvgIpc) is 2.74. The van der Waals surface area contributed by atoms with E-state index in [1.54, 1.807) is 4.90 Å². The number of hydrogen-bond acceptors (Lipinski definition) is 2. The van der Waals surface area contributed by atoms with Gasteiger partial charge in [0.15, 0.2) is 6.54 Å². The highest BCUT2D eigenvalue weighted by Gasteiger charge is 2.29. The Morgan fingerprint density at radius 1 is 0.828 bits per heavy atom. The first-order chi connectivity index (χ1) is 14.2. The molecule has 146 valence electrons. The molecule has 0 atom stereocenters. The first-order valence-electron chi connectivity index (χ1n) is 9.80. The number of rotatable bonds is 6. The molecule has 29 heavy (non-hydrogen) atoms. The number of amides is 2. The predicted octanol–water partition coefficient (Wildman–Crippen LogP) is 2.26. The first kappa shape index (κ1) is 18.9. The van der Waals surface area contributed by atoms with Crippen LogP contribution in [0.25, 0.3) is 0 Å². The Balaban J connectivity index is 1.55. The molecule has 0 spiro atoms. The minimum Gasteiger partial charge on any atom is -0.323 e. The van der Waals surface area contributed by atoms with Gasteiger partial charge in [-0.2, -0.15) is 0 Å². The predicted molar refractivity (Wildman–Crippen MR) is 114 cm³/mol. The van der Waals surface area contributed by atoms with Gasteiger partial charge in [-0.1, -0.05) is 72.8 Å². The van der Waals surface area contributed by atoms with Gasteiger partial charge in [-0.3, -0.25) is 14.5 Å². The van der Waals surface area contributed by atoms with E-state index in [4.69, 9.17) is 0 Å². The molecule has 1 aliphatic heterocycles. The highest BCUT2D eigenvalue weighted by molar-refractivity contribution is 6.10. The molecular formula is C24H24N3O2+. The largest absolute Gasteiger partial charge is 0.323 e. The topological polar surface area (TPSA) is 53.9 Å². The molecule has 0 radical (unpaired) electrons. The second-order valence-corrected chi connectivity index (χ2v) is 7.30. The Morgan fingerprint density at radius 3 is 2.00 bits per heavy atom. The molecule has 5 heteroatoms. The lowest BCUT2D eigenvalue weighted by Gasteiger charge is -2.30. The van der Waals surface area contributed by atoms with Gasteiger partial charge < -0.3 is 10.2 Å². The lowest BCUT2D eigenvalue weighted by atomic mass is 10.1. The Kier molecular flexibility index (Phi) is 5.68. The standard InChI is InChI=1S/C24H23N3O2/c28-23-17-27(22-14-8-7-13-21(22)25-23)24(29)18-26(15-19-9-3-1-4-10-19)16-20-11-5-2-6-12-20/h1-14H,15-18H2,(H,25,28)/p+1. The van der Waals surface area contributed by atoms with Crippen molar-refractivity contribution in [2.24, 2.45) is 0 Å². The minimum absolute atomic E-state index is 0.0471. The van der Waals surface area contributed by atoms with Gasteiger partial charge in [0.05, 0.1) is 11.4 Å². The SMILES string of the molecule is O=C1CN(C(=O)C[NH+](Cc2ccccc2)Cc2ccccc2)c2ccccc2N1. The highest BCUT2D eigenvalue weighted by Crippen LogP contribution is 2.28. The number of quaternary nitrogens is 1. The molecule has 0 saturated carbocycles. The lowest BCUT2D eigenvalue weighted by Crippen LogP contribution is -3.10. The quantitative estimate of drug-likeness (QED) is 0.683. The summed E-state index contributed by atoms with van der Waals surface area (Å²) in [7, 11) is 0. The van der Waals surface area contributed by atoms with E-state index < -0.39 is 0 Å². The summed E-state index contributed by atoms with van der Waals surface area (Å²) in [6.07, 6.45) is 0. The fourth-order valence-electron chi connectivity index (χ4n) is 3.72. The van der Waals surface area contributed by atoms with Crippen LogP contribution in [0.15, 0.2) is 84.9 Å². The zero-order chi connectivity index (χ0) is 20.1. The molecule has 3 aromatic rings. The monoisotopic (exact) mass is 386 g/mol.